The predicted octanol–water partition coefficient (Wildman–Crippen LogP) is 0.640. The van der Waals surface area contributed by atoms with E-state index in [0.717, 1.165) is 4.80 Å². The second kappa shape index (κ2) is 5.27. The Labute approximate surface area is 109 Å². The molecule has 2 heterocycles. The van der Waals surface area contributed by atoms with Crippen LogP contribution in [0.5, 0.6) is 0 Å². The number of rotatable bonds is 4. The molecule has 2 aromatic heterocycles. The monoisotopic (exact) mass is 290 g/mol. The van der Waals surface area contributed by atoms with Crippen molar-refractivity contribution in [1.29, 1.82) is 0 Å². The van der Waals surface area contributed by atoms with Crippen molar-refractivity contribution in [2.45, 2.75) is 19.6 Å². The van der Waals surface area contributed by atoms with E-state index in [1.807, 2.05) is 0 Å². The fourth-order valence-corrected chi connectivity index (χ4v) is 1.33. The topological polar surface area (TPSA) is 98.6 Å². The molecule has 0 unspecified atom stereocenters. The summed E-state index contributed by atoms with van der Waals surface area (Å²) in [6.45, 7) is 1.71. The van der Waals surface area contributed by atoms with Crippen LogP contribution in [0, 0.1) is 0 Å². The first-order chi connectivity index (χ1) is 9.40. The highest BCUT2D eigenvalue weighted by Crippen LogP contribution is 2.24. The number of hydrogen-bond donors (Lipinski definition) is 1. The van der Waals surface area contributed by atoms with E-state index in [1.165, 1.54) is 6.07 Å². The third-order valence-electron chi connectivity index (χ3n) is 2.13. The number of aromatic amines is 1. The smallest absolute Gasteiger partial charge is 0.455 e. The highest BCUT2D eigenvalue weighted by molar-refractivity contribution is 5.87. The molecule has 0 aromatic carbocycles. The molecular formula is C9H9F3N6O2. The zero-order valence-corrected chi connectivity index (χ0v) is 10.2. The van der Waals surface area contributed by atoms with Gasteiger partial charge in [-0.1, -0.05) is 0 Å². The number of carbonyl (C=O) groups excluding carboxylic acids is 1. The summed E-state index contributed by atoms with van der Waals surface area (Å²) in [6, 6.07) is 1.34. The van der Waals surface area contributed by atoms with Crippen LogP contribution in [-0.4, -0.2) is 43.0 Å². The number of nitrogens with zero attached hydrogens (tertiary/aromatic N) is 5. The number of halogens is 3. The normalized spacial score (nSPS) is 11.6. The number of tetrazole rings is 1. The van der Waals surface area contributed by atoms with Crippen LogP contribution >= 0.6 is 0 Å². The minimum absolute atomic E-state index is 0.0259. The van der Waals surface area contributed by atoms with Crippen LogP contribution in [0.4, 0.5) is 13.2 Å². The van der Waals surface area contributed by atoms with E-state index < -0.39 is 18.0 Å². The standard InChI is InChI=1S/C9H9F3N6O2/c1-2-20-7(19)6-3-5(13-14-6)4-18-16-8(15-17-18)9(10,11)12/h3H,2,4H2,1H3,(H,13,14). The van der Waals surface area contributed by atoms with Gasteiger partial charge in [0.05, 0.1) is 12.3 Å². The molecule has 0 aliphatic heterocycles. The fraction of sp³-hybridized carbons (Fsp3) is 0.444. The van der Waals surface area contributed by atoms with Gasteiger partial charge in [-0.2, -0.15) is 23.1 Å². The Morgan fingerprint density at radius 3 is 2.85 bits per heavy atom. The van der Waals surface area contributed by atoms with Crippen LogP contribution in [0.25, 0.3) is 0 Å². The fourth-order valence-electron chi connectivity index (χ4n) is 1.33. The maximum Gasteiger partial charge on any atom is 0.455 e. The van der Waals surface area contributed by atoms with E-state index in [0.29, 0.717) is 5.69 Å². The van der Waals surface area contributed by atoms with Crippen LogP contribution in [0.3, 0.4) is 0 Å². The van der Waals surface area contributed by atoms with E-state index in [9.17, 15) is 18.0 Å². The predicted molar refractivity (Wildman–Crippen MR) is 56.5 cm³/mol. The largest absolute Gasteiger partial charge is 0.461 e. The molecule has 0 aliphatic carbocycles. The highest BCUT2D eigenvalue weighted by Gasteiger charge is 2.36. The average molecular weight is 290 g/mol. The van der Waals surface area contributed by atoms with Gasteiger partial charge in [0, 0.05) is 0 Å². The highest BCUT2D eigenvalue weighted by atomic mass is 19.4. The van der Waals surface area contributed by atoms with Crippen molar-refractivity contribution in [3.05, 3.63) is 23.3 Å². The molecule has 11 heteroatoms. The van der Waals surface area contributed by atoms with Gasteiger partial charge in [0.25, 0.3) is 5.82 Å². The van der Waals surface area contributed by atoms with Crippen molar-refractivity contribution < 1.29 is 22.7 Å². The Hall–Kier alpha value is -2.46. The number of aromatic nitrogens is 6. The Morgan fingerprint density at radius 2 is 2.25 bits per heavy atom. The lowest BCUT2D eigenvalue weighted by Crippen LogP contribution is -2.09. The van der Waals surface area contributed by atoms with Crippen LogP contribution in [0.2, 0.25) is 0 Å². The molecule has 0 radical (unpaired) electrons. The first-order valence-corrected chi connectivity index (χ1v) is 5.46. The zero-order valence-electron chi connectivity index (χ0n) is 10.2. The maximum atomic E-state index is 12.3. The Bertz CT molecular complexity index is 605. The molecule has 0 saturated carbocycles. The third-order valence-corrected chi connectivity index (χ3v) is 2.13. The number of alkyl halides is 3. The summed E-state index contributed by atoms with van der Waals surface area (Å²) in [4.78, 5) is 12.1. The molecule has 2 rings (SSSR count). The van der Waals surface area contributed by atoms with Crippen molar-refractivity contribution in [2.75, 3.05) is 6.61 Å². The summed E-state index contributed by atoms with van der Waals surface area (Å²) >= 11 is 0. The van der Waals surface area contributed by atoms with Crippen LogP contribution < -0.4 is 0 Å². The zero-order chi connectivity index (χ0) is 14.8. The Kier molecular flexibility index (Phi) is 3.68. The molecule has 0 amide bonds. The quantitative estimate of drug-likeness (QED) is 0.830. The second-order valence-corrected chi connectivity index (χ2v) is 3.64. The van der Waals surface area contributed by atoms with Gasteiger partial charge in [-0.15, -0.1) is 10.2 Å². The number of esters is 1. The lowest BCUT2D eigenvalue weighted by Gasteiger charge is -1.97. The Balaban J connectivity index is 2.07. The van der Waals surface area contributed by atoms with Gasteiger partial charge in [-0.25, -0.2) is 4.79 Å². The first kappa shape index (κ1) is 14.0. The summed E-state index contributed by atoms with van der Waals surface area (Å²) in [5, 5.41) is 15.5. The molecular weight excluding hydrogens is 281 g/mol. The van der Waals surface area contributed by atoms with Crippen molar-refractivity contribution in [3.8, 4) is 0 Å². The Morgan fingerprint density at radius 1 is 1.50 bits per heavy atom. The van der Waals surface area contributed by atoms with E-state index in [4.69, 9.17) is 4.74 Å². The molecule has 0 atom stereocenters. The minimum atomic E-state index is -4.65. The van der Waals surface area contributed by atoms with Crippen molar-refractivity contribution in [1.82, 2.24) is 30.4 Å². The molecule has 2 aromatic rings. The van der Waals surface area contributed by atoms with Crippen molar-refractivity contribution in [2.24, 2.45) is 0 Å². The van der Waals surface area contributed by atoms with Gasteiger partial charge in [-0.05, 0) is 18.2 Å². The number of nitrogens with one attached hydrogen (secondary N) is 1. The molecule has 0 bridgehead atoms. The lowest BCUT2D eigenvalue weighted by atomic mass is 10.3. The van der Waals surface area contributed by atoms with Crippen LogP contribution in [-0.2, 0) is 17.5 Å². The van der Waals surface area contributed by atoms with Gasteiger partial charge >= 0.3 is 12.1 Å². The van der Waals surface area contributed by atoms with E-state index in [1.54, 1.807) is 6.92 Å². The maximum absolute atomic E-state index is 12.3. The first-order valence-electron chi connectivity index (χ1n) is 5.46. The molecule has 20 heavy (non-hydrogen) atoms. The van der Waals surface area contributed by atoms with Crippen LogP contribution in [0.1, 0.15) is 28.9 Å². The third kappa shape index (κ3) is 3.10. The van der Waals surface area contributed by atoms with Gasteiger partial charge in [0.2, 0.25) is 0 Å². The van der Waals surface area contributed by atoms with E-state index in [-0.39, 0.29) is 18.8 Å². The number of carbonyl (C=O) groups is 1. The summed E-state index contributed by atoms with van der Waals surface area (Å²) in [5.74, 6) is -1.96. The summed E-state index contributed by atoms with van der Waals surface area (Å²) in [5.41, 5.74) is 0.372. The van der Waals surface area contributed by atoms with E-state index >= 15 is 0 Å². The van der Waals surface area contributed by atoms with Crippen molar-refractivity contribution >= 4 is 5.97 Å². The lowest BCUT2D eigenvalue weighted by molar-refractivity contribution is -0.145. The van der Waals surface area contributed by atoms with Gasteiger partial charge in [0.15, 0.2) is 5.69 Å². The number of H-pyrrole nitrogens is 1. The summed E-state index contributed by atoms with van der Waals surface area (Å²) < 4.78 is 41.5. The molecule has 0 fully saturated rings. The summed E-state index contributed by atoms with van der Waals surface area (Å²) in [6.07, 6.45) is -4.65. The van der Waals surface area contributed by atoms with Gasteiger partial charge in [0.1, 0.15) is 6.54 Å². The van der Waals surface area contributed by atoms with Gasteiger partial charge in [-0.3, -0.25) is 5.10 Å². The van der Waals surface area contributed by atoms with Crippen LogP contribution in [0.15, 0.2) is 6.07 Å². The molecule has 0 aliphatic rings. The molecule has 0 spiro atoms. The number of hydrogen-bond acceptors (Lipinski definition) is 6. The second-order valence-electron chi connectivity index (χ2n) is 3.64. The molecule has 8 nitrogen and oxygen atoms in total. The molecule has 1 N–H and O–H groups in total. The van der Waals surface area contributed by atoms with Gasteiger partial charge < -0.3 is 4.74 Å². The summed E-state index contributed by atoms with van der Waals surface area (Å²) in [7, 11) is 0. The SMILES string of the molecule is CCOC(=O)c1cc(Cn2nnc(C(F)(F)F)n2)[nH]n1. The molecule has 108 valence electrons. The minimum Gasteiger partial charge on any atom is -0.461 e. The van der Waals surface area contributed by atoms with E-state index in [2.05, 4.69) is 25.6 Å². The van der Waals surface area contributed by atoms with Crippen molar-refractivity contribution in [3.63, 3.8) is 0 Å². The average Bonchev–Trinajstić information content (AvgIpc) is 2.98. The molecule has 0 saturated heterocycles. The number of ether oxygens (including phenoxy) is 1.